The molecule has 0 aliphatic carbocycles. The third-order valence-corrected chi connectivity index (χ3v) is 4.03. The van der Waals surface area contributed by atoms with E-state index in [-0.39, 0.29) is 18.2 Å². The summed E-state index contributed by atoms with van der Waals surface area (Å²) in [5, 5.41) is 9.91. The summed E-state index contributed by atoms with van der Waals surface area (Å²) in [6, 6.07) is 19.3. The fraction of sp³-hybridized carbons (Fsp3) is 0.190. The van der Waals surface area contributed by atoms with Crippen LogP contribution in [0.3, 0.4) is 0 Å². The molecule has 1 heterocycles. The third-order valence-electron chi connectivity index (χ3n) is 4.03. The maximum absolute atomic E-state index is 11.9. The van der Waals surface area contributed by atoms with E-state index in [1.165, 1.54) is 0 Å². The second-order valence-electron chi connectivity index (χ2n) is 6.17. The van der Waals surface area contributed by atoms with E-state index >= 15 is 0 Å². The molecule has 0 spiro atoms. The molecular formula is C21H22N4O2. The van der Waals surface area contributed by atoms with Crippen molar-refractivity contribution < 1.29 is 9.59 Å². The number of nitrogens with zero attached hydrogens (tertiary/aromatic N) is 2. The molecule has 6 heteroatoms. The Morgan fingerprint density at radius 2 is 1.56 bits per heavy atom. The fourth-order valence-corrected chi connectivity index (χ4v) is 2.62. The van der Waals surface area contributed by atoms with Crippen molar-refractivity contribution in [1.29, 1.82) is 0 Å². The number of carbonyl (C=O) groups is 2. The maximum atomic E-state index is 11.9. The van der Waals surface area contributed by atoms with Gasteiger partial charge >= 0.3 is 0 Å². The quantitative estimate of drug-likeness (QED) is 0.645. The summed E-state index contributed by atoms with van der Waals surface area (Å²) in [6.45, 7) is 0.727. The topological polar surface area (TPSA) is 76.0 Å². The second-order valence-corrected chi connectivity index (χ2v) is 6.17. The van der Waals surface area contributed by atoms with Crippen LogP contribution >= 0.6 is 0 Å². The number of rotatable bonds is 8. The van der Waals surface area contributed by atoms with E-state index in [1.807, 2.05) is 66.9 Å². The summed E-state index contributed by atoms with van der Waals surface area (Å²) in [4.78, 5) is 23.8. The van der Waals surface area contributed by atoms with Gasteiger partial charge in [-0.3, -0.25) is 9.59 Å². The highest BCUT2D eigenvalue weighted by atomic mass is 16.2. The Hall–Kier alpha value is -3.41. The van der Waals surface area contributed by atoms with Crippen LogP contribution in [0.1, 0.15) is 17.5 Å². The molecule has 0 radical (unpaired) electrons. The Balaban J connectivity index is 1.36. The molecule has 0 bridgehead atoms. The Morgan fingerprint density at radius 3 is 2.30 bits per heavy atom. The lowest BCUT2D eigenvalue weighted by molar-refractivity contribution is -0.122. The van der Waals surface area contributed by atoms with Crippen molar-refractivity contribution in [2.45, 2.75) is 19.4 Å². The summed E-state index contributed by atoms with van der Waals surface area (Å²) in [7, 11) is 0. The van der Waals surface area contributed by atoms with Crippen molar-refractivity contribution in [2.24, 2.45) is 0 Å². The van der Waals surface area contributed by atoms with Gasteiger partial charge in [-0.05, 0) is 17.7 Å². The molecule has 0 saturated carbocycles. The number of carbonyl (C=O) groups excluding carboxylic acids is 2. The third kappa shape index (κ3) is 5.81. The van der Waals surface area contributed by atoms with E-state index in [9.17, 15) is 9.59 Å². The second kappa shape index (κ2) is 9.33. The van der Waals surface area contributed by atoms with Crippen molar-refractivity contribution in [3.05, 3.63) is 84.2 Å². The van der Waals surface area contributed by atoms with Crippen molar-refractivity contribution in [3.63, 3.8) is 0 Å². The zero-order valence-corrected chi connectivity index (χ0v) is 15.0. The predicted octanol–water partition coefficient (Wildman–Crippen LogP) is 2.24. The first kappa shape index (κ1) is 18.4. The van der Waals surface area contributed by atoms with Crippen molar-refractivity contribution in [1.82, 2.24) is 20.4 Å². The molecule has 138 valence electrons. The summed E-state index contributed by atoms with van der Waals surface area (Å²) < 4.78 is 1.77. The van der Waals surface area contributed by atoms with Crippen LogP contribution in [0.25, 0.3) is 5.69 Å². The lowest BCUT2D eigenvalue weighted by atomic mass is 10.1. The van der Waals surface area contributed by atoms with Gasteiger partial charge in [0.25, 0.3) is 0 Å². The molecule has 6 nitrogen and oxygen atoms in total. The average molecular weight is 362 g/mol. The first-order chi connectivity index (χ1) is 13.2. The normalized spacial score (nSPS) is 10.4. The summed E-state index contributed by atoms with van der Waals surface area (Å²) in [5.74, 6) is -0.194. The number of hydrogen-bond donors (Lipinski definition) is 2. The molecule has 0 fully saturated rings. The highest BCUT2D eigenvalue weighted by Gasteiger charge is 2.06. The molecule has 0 aliphatic heterocycles. The van der Waals surface area contributed by atoms with Gasteiger partial charge in [0.05, 0.1) is 18.3 Å². The molecule has 0 atom stereocenters. The Kier molecular flexibility index (Phi) is 6.35. The number of hydrogen-bond acceptors (Lipinski definition) is 3. The van der Waals surface area contributed by atoms with Gasteiger partial charge in [-0.2, -0.15) is 5.10 Å². The van der Waals surface area contributed by atoms with Crippen LogP contribution in [0.2, 0.25) is 0 Å². The lowest BCUT2D eigenvalue weighted by Gasteiger charge is -2.06. The van der Waals surface area contributed by atoms with Gasteiger partial charge in [0.2, 0.25) is 11.8 Å². The van der Waals surface area contributed by atoms with Crippen molar-refractivity contribution in [2.75, 3.05) is 6.54 Å². The first-order valence-electron chi connectivity index (χ1n) is 8.87. The molecule has 3 rings (SSSR count). The van der Waals surface area contributed by atoms with Gasteiger partial charge in [0.1, 0.15) is 0 Å². The highest BCUT2D eigenvalue weighted by Crippen LogP contribution is 2.07. The fourth-order valence-electron chi connectivity index (χ4n) is 2.62. The molecular weight excluding hydrogens is 340 g/mol. The average Bonchev–Trinajstić information content (AvgIpc) is 3.17. The van der Waals surface area contributed by atoms with Crippen LogP contribution in [-0.2, 0) is 22.6 Å². The zero-order chi connectivity index (χ0) is 18.9. The van der Waals surface area contributed by atoms with E-state index < -0.39 is 0 Å². The molecule has 2 N–H and O–H groups in total. The summed E-state index contributed by atoms with van der Waals surface area (Å²) >= 11 is 0. The molecule has 3 aromatic rings. The number of benzene rings is 2. The number of para-hydroxylation sites is 1. The van der Waals surface area contributed by atoms with Crippen LogP contribution in [0, 0.1) is 0 Å². The molecule has 2 amide bonds. The van der Waals surface area contributed by atoms with E-state index in [0.29, 0.717) is 19.5 Å². The standard InChI is InChI=1S/C21H22N4O2/c26-20(11-12-22-21(27)13-17-7-3-1-4-8-17)23-14-18-15-24-25(16-18)19-9-5-2-6-10-19/h1-10,15-16H,11-14H2,(H,22,27)(H,23,26). The lowest BCUT2D eigenvalue weighted by Crippen LogP contribution is -2.31. The Morgan fingerprint density at radius 1 is 0.852 bits per heavy atom. The first-order valence-corrected chi connectivity index (χ1v) is 8.87. The van der Waals surface area contributed by atoms with Crippen molar-refractivity contribution >= 4 is 11.8 Å². The number of aromatic nitrogens is 2. The molecule has 0 saturated heterocycles. The van der Waals surface area contributed by atoms with Crippen LogP contribution in [-0.4, -0.2) is 28.1 Å². The van der Waals surface area contributed by atoms with E-state index in [1.54, 1.807) is 10.9 Å². The Bertz CT molecular complexity index is 875. The van der Waals surface area contributed by atoms with Gasteiger partial charge in [-0.1, -0.05) is 48.5 Å². The minimum Gasteiger partial charge on any atom is -0.355 e. The van der Waals surface area contributed by atoms with Gasteiger partial charge in [0, 0.05) is 31.3 Å². The minimum atomic E-state index is -0.109. The van der Waals surface area contributed by atoms with Gasteiger partial charge < -0.3 is 10.6 Å². The largest absolute Gasteiger partial charge is 0.355 e. The maximum Gasteiger partial charge on any atom is 0.224 e. The monoisotopic (exact) mass is 362 g/mol. The van der Waals surface area contributed by atoms with E-state index in [2.05, 4.69) is 15.7 Å². The molecule has 27 heavy (non-hydrogen) atoms. The van der Waals surface area contributed by atoms with E-state index in [4.69, 9.17) is 0 Å². The summed E-state index contributed by atoms with van der Waals surface area (Å²) in [6.07, 6.45) is 4.18. The van der Waals surface area contributed by atoms with Crippen LogP contribution < -0.4 is 10.6 Å². The number of nitrogens with one attached hydrogen (secondary N) is 2. The predicted molar refractivity (Wildman–Crippen MR) is 103 cm³/mol. The number of amides is 2. The van der Waals surface area contributed by atoms with Crippen LogP contribution in [0.4, 0.5) is 0 Å². The van der Waals surface area contributed by atoms with Gasteiger partial charge in [-0.15, -0.1) is 0 Å². The highest BCUT2D eigenvalue weighted by molar-refractivity contribution is 5.80. The SMILES string of the molecule is O=C(CCNC(=O)Cc1ccccc1)NCc1cnn(-c2ccccc2)c1. The Labute approximate surface area is 158 Å². The molecule has 2 aromatic carbocycles. The zero-order valence-electron chi connectivity index (χ0n) is 15.0. The molecule has 0 unspecified atom stereocenters. The van der Waals surface area contributed by atoms with E-state index in [0.717, 1.165) is 16.8 Å². The smallest absolute Gasteiger partial charge is 0.224 e. The molecule has 1 aromatic heterocycles. The molecule has 0 aliphatic rings. The van der Waals surface area contributed by atoms with Crippen LogP contribution in [0.5, 0.6) is 0 Å². The van der Waals surface area contributed by atoms with Gasteiger partial charge in [0.15, 0.2) is 0 Å². The van der Waals surface area contributed by atoms with Gasteiger partial charge in [-0.25, -0.2) is 4.68 Å². The minimum absolute atomic E-state index is 0.0851. The van der Waals surface area contributed by atoms with Crippen LogP contribution in [0.15, 0.2) is 73.1 Å². The van der Waals surface area contributed by atoms with Crippen molar-refractivity contribution in [3.8, 4) is 5.69 Å². The summed E-state index contributed by atoms with van der Waals surface area (Å²) in [5.41, 5.74) is 2.84.